The van der Waals surface area contributed by atoms with Gasteiger partial charge in [0.05, 0.1) is 0 Å². The molecule has 2 N–H and O–H groups in total. The molecular weight excluding hydrogens is 134 g/mol. The molecule has 0 aromatic heterocycles. The number of unbranched alkanes of at least 4 members (excludes halogenated alkanes) is 1. The van der Waals surface area contributed by atoms with Gasteiger partial charge in [-0.05, 0) is 19.8 Å². The third kappa shape index (κ3) is 4.20. The summed E-state index contributed by atoms with van der Waals surface area (Å²) in [6.45, 7) is 6.38. The Hall–Kier alpha value is -0.300. The Kier molecular flexibility index (Phi) is 5.22. The zero-order valence-corrected chi connectivity index (χ0v) is 8.06. The van der Waals surface area contributed by atoms with Crippen LogP contribution in [-0.4, -0.2) is 5.54 Å². The van der Waals surface area contributed by atoms with Crippen LogP contribution in [0.3, 0.4) is 0 Å². The highest BCUT2D eigenvalue weighted by Gasteiger charge is 2.16. The van der Waals surface area contributed by atoms with Crippen LogP contribution in [-0.2, 0) is 0 Å². The summed E-state index contributed by atoms with van der Waals surface area (Å²) >= 11 is 0. The molecule has 0 saturated heterocycles. The molecule has 1 unspecified atom stereocenters. The third-order valence-electron chi connectivity index (χ3n) is 2.15. The molecule has 1 nitrogen and oxygen atoms in total. The summed E-state index contributed by atoms with van der Waals surface area (Å²) in [4.78, 5) is 0. The zero-order chi connectivity index (χ0) is 8.74. The van der Waals surface area contributed by atoms with E-state index in [1.165, 1.54) is 12.8 Å². The van der Waals surface area contributed by atoms with Gasteiger partial charge in [0.2, 0.25) is 0 Å². The molecular formula is C10H21N. The first-order valence-corrected chi connectivity index (χ1v) is 4.61. The normalized spacial score (nSPS) is 17.1. The maximum Gasteiger partial charge on any atom is 0.0336 e. The molecule has 0 saturated carbocycles. The molecule has 0 aromatic rings. The first-order chi connectivity index (χ1) is 5.18. The van der Waals surface area contributed by atoms with Crippen LogP contribution in [0.2, 0.25) is 0 Å². The second-order valence-corrected chi connectivity index (χ2v) is 3.19. The van der Waals surface area contributed by atoms with Gasteiger partial charge in [0.25, 0.3) is 0 Å². The van der Waals surface area contributed by atoms with Crippen LogP contribution >= 0.6 is 0 Å². The van der Waals surface area contributed by atoms with E-state index in [2.05, 4.69) is 26.0 Å². The molecule has 0 rings (SSSR count). The topological polar surface area (TPSA) is 26.0 Å². The van der Waals surface area contributed by atoms with Crippen molar-refractivity contribution in [1.82, 2.24) is 0 Å². The summed E-state index contributed by atoms with van der Waals surface area (Å²) in [6, 6.07) is 0. The summed E-state index contributed by atoms with van der Waals surface area (Å²) in [5.41, 5.74) is 6.07. The van der Waals surface area contributed by atoms with Crippen LogP contribution in [0.15, 0.2) is 12.2 Å². The van der Waals surface area contributed by atoms with E-state index in [4.69, 9.17) is 5.73 Å². The molecule has 0 bridgehead atoms. The molecule has 0 radical (unpaired) electrons. The van der Waals surface area contributed by atoms with E-state index >= 15 is 0 Å². The lowest BCUT2D eigenvalue weighted by molar-refractivity contribution is 0.451. The molecule has 0 spiro atoms. The lowest BCUT2D eigenvalue weighted by Crippen LogP contribution is -2.36. The summed E-state index contributed by atoms with van der Waals surface area (Å²) in [5.74, 6) is 0. The minimum Gasteiger partial charge on any atom is -0.322 e. The van der Waals surface area contributed by atoms with Crippen molar-refractivity contribution in [3.63, 3.8) is 0 Å². The predicted octanol–water partition coefficient (Wildman–Crippen LogP) is 2.86. The Labute approximate surface area is 70.7 Å². The molecule has 0 heterocycles. The quantitative estimate of drug-likeness (QED) is 0.607. The molecule has 0 fully saturated rings. The van der Waals surface area contributed by atoms with Gasteiger partial charge < -0.3 is 5.73 Å². The molecule has 66 valence electrons. The van der Waals surface area contributed by atoms with Crippen LogP contribution in [0.4, 0.5) is 0 Å². The fourth-order valence-electron chi connectivity index (χ4n) is 1.22. The van der Waals surface area contributed by atoms with E-state index < -0.39 is 0 Å². The van der Waals surface area contributed by atoms with Crippen LogP contribution in [0.5, 0.6) is 0 Å². The Morgan fingerprint density at radius 2 is 2.00 bits per heavy atom. The van der Waals surface area contributed by atoms with Gasteiger partial charge >= 0.3 is 0 Å². The summed E-state index contributed by atoms with van der Waals surface area (Å²) < 4.78 is 0. The van der Waals surface area contributed by atoms with Gasteiger partial charge in [0.1, 0.15) is 0 Å². The first kappa shape index (κ1) is 10.7. The fourth-order valence-corrected chi connectivity index (χ4v) is 1.22. The zero-order valence-electron chi connectivity index (χ0n) is 8.06. The van der Waals surface area contributed by atoms with Gasteiger partial charge in [0, 0.05) is 5.54 Å². The smallest absolute Gasteiger partial charge is 0.0336 e. The lowest BCUT2D eigenvalue weighted by atomic mass is 9.91. The number of nitrogens with two attached hydrogens (primary N) is 1. The summed E-state index contributed by atoms with van der Waals surface area (Å²) in [5, 5.41) is 0. The van der Waals surface area contributed by atoms with Crippen molar-refractivity contribution < 1.29 is 0 Å². The Morgan fingerprint density at radius 1 is 1.36 bits per heavy atom. The van der Waals surface area contributed by atoms with E-state index in [1.54, 1.807) is 0 Å². The Morgan fingerprint density at radius 3 is 2.36 bits per heavy atom. The van der Waals surface area contributed by atoms with E-state index in [0.717, 1.165) is 12.8 Å². The Balaban J connectivity index is 3.88. The largest absolute Gasteiger partial charge is 0.322 e. The molecule has 0 amide bonds. The van der Waals surface area contributed by atoms with Crippen LogP contribution < -0.4 is 5.73 Å². The minimum atomic E-state index is -0.0369. The van der Waals surface area contributed by atoms with Gasteiger partial charge in [-0.15, -0.1) is 0 Å². The molecule has 0 aromatic carbocycles. The van der Waals surface area contributed by atoms with Crippen LogP contribution in [0.1, 0.15) is 46.5 Å². The number of hydrogen-bond donors (Lipinski definition) is 1. The third-order valence-corrected chi connectivity index (χ3v) is 2.15. The molecule has 1 atom stereocenters. The number of allylic oxidation sites excluding steroid dienone is 1. The van der Waals surface area contributed by atoms with Gasteiger partial charge in [-0.25, -0.2) is 0 Å². The number of hydrogen-bond acceptors (Lipinski definition) is 1. The predicted molar refractivity (Wildman–Crippen MR) is 51.5 cm³/mol. The molecule has 0 aliphatic heterocycles. The maximum absolute atomic E-state index is 6.11. The minimum absolute atomic E-state index is 0.0369. The highest BCUT2D eigenvalue weighted by Crippen LogP contribution is 2.16. The summed E-state index contributed by atoms with van der Waals surface area (Å²) in [6.07, 6.45) is 8.80. The molecule has 0 aliphatic rings. The number of rotatable bonds is 5. The second-order valence-electron chi connectivity index (χ2n) is 3.19. The van der Waals surface area contributed by atoms with Crippen molar-refractivity contribution in [3.8, 4) is 0 Å². The van der Waals surface area contributed by atoms with Crippen molar-refractivity contribution in [1.29, 1.82) is 0 Å². The van der Waals surface area contributed by atoms with Crippen molar-refractivity contribution in [2.24, 2.45) is 5.73 Å². The average molecular weight is 155 g/mol. The molecule has 1 heteroatoms. The van der Waals surface area contributed by atoms with Crippen LogP contribution in [0.25, 0.3) is 0 Å². The average Bonchev–Trinajstić information content (AvgIpc) is 2.02. The van der Waals surface area contributed by atoms with E-state index in [-0.39, 0.29) is 5.54 Å². The van der Waals surface area contributed by atoms with Gasteiger partial charge in [-0.1, -0.05) is 38.8 Å². The van der Waals surface area contributed by atoms with E-state index in [9.17, 15) is 0 Å². The summed E-state index contributed by atoms with van der Waals surface area (Å²) in [7, 11) is 0. The molecule has 0 aliphatic carbocycles. The highest BCUT2D eigenvalue weighted by atomic mass is 14.7. The van der Waals surface area contributed by atoms with E-state index in [1.807, 2.05) is 6.92 Å². The monoisotopic (exact) mass is 155 g/mol. The highest BCUT2D eigenvalue weighted by molar-refractivity contribution is 5.02. The van der Waals surface area contributed by atoms with Crippen molar-refractivity contribution >= 4 is 0 Å². The standard InChI is InChI=1S/C10H21N/c1-4-7-9-10(11,6-3)8-5-2/h5,8H,4,6-7,9,11H2,1-3H3. The van der Waals surface area contributed by atoms with Crippen LogP contribution in [0, 0.1) is 0 Å². The fraction of sp³-hybridized carbons (Fsp3) is 0.800. The maximum atomic E-state index is 6.11. The Bertz CT molecular complexity index is 118. The van der Waals surface area contributed by atoms with E-state index in [0.29, 0.717) is 0 Å². The SMILES string of the molecule is CC=CC(N)(CC)CCCC. The van der Waals surface area contributed by atoms with Gasteiger partial charge in [-0.2, -0.15) is 0 Å². The lowest BCUT2D eigenvalue weighted by Gasteiger charge is -2.23. The van der Waals surface area contributed by atoms with Crippen molar-refractivity contribution in [3.05, 3.63) is 12.2 Å². The first-order valence-electron chi connectivity index (χ1n) is 4.61. The molecule has 11 heavy (non-hydrogen) atoms. The second kappa shape index (κ2) is 5.36. The van der Waals surface area contributed by atoms with Gasteiger partial charge in [0.15, 0.2) is 0 Å². The van der Waals surface area contributed by atoms with Crippen molar-refractivity contribution in [2.75, 3.05) is 0 Å². The van der Waals surface area contributed by atoms with Crippen molar-refractivity contribution in [2.45, 2.75) is 52.0 Å². The van der Waals surface area contributed by atoms with Gasteiger partial charge in [-0.3, -0.25) is 0 Å².